The largest absolute Gasteiger partial charge is 0.480 e. The van der Waals surface area contributed by atoms with Crippen molar-refractivity contribution in [1.29, 1.82) is 0 Å². The minimum Gasteiger partial charge on any atom is -0.480 e. The molecule has 0 atom stereocenters. The van der Waals surface area contributed by atoms with Gasteiger partial charge in [-0.3, -0.25) is 9.69 Å². The molecule has 1 amide bonds. The van der Waals surface area contributed by atoms with Crippen LogP contribution in [0.4, 0.5) is 5.69 Å². The van der Waals surface area contributed by atoms with E-state index in [1.807, 2.05) is 0 Å². The van der Waals surface area contributed by atoms with Crippen molar-refractivity contribution in [2.24, 2.45) is 0 Å². The maximum absolute atomic E-state index is 12.6. The molecule has 0 radical (unpaired) electrons. The number of ether oxygens (including phenoxy) is 1. The van der Waals surface area contributed by atoms with E-state index in [9.17, 15) is 19.8 Å². The first-order chi connectivity index (χ1) is 9.61. The second-order valence-electron chi connectivity index (χ2n) is 6.08. The number of amides is 1. The highest BCUT2D eigenvalue weighted by Gasteiger charge is 2.49. The number of hydrogen-bond acceptors (Lipinski definition) is 4. The van der Waals surface area contributed by atoms with Crippen LogP contribution >= 0.6 is 0 Å². The Hall–Kier alpha value is -2.08. The number of anilines is 1. The normalized spacial score (nSPS) is 17.2. The fourth-order valence-electron chi connectivity index (χ4n) is 2.27. The molecule has 0 fully saturated rings. The molecule has 0 spiro atoms. The van der Waals surface area contributed by atoms with Gasteiger partial charge in [-0.1, -0.05) is 6.07 Å². The van der Waals surface area contributed by atoms with Crippen LogP contribution in [0.1, 0.15) is 33.3 Å². The van der Waals surface area contributed by atoms with Crippen molar-refractivity contribution < 1.29 is 24.5 Å². The van der Waals surface area contributed by atoms with Crippen molar-refractivity contribution in [3.8, 4) is 5.75 Å². The van der Waals surface area contributed by atoms with Gasteiger partial charge in [0.05, 0.1) is 12.3 Å². The van der Waals surface area contributed by atoms with Crippen LogP contribution in [0.15, 0.2) is 18.2 Å². The van der Waals surface area contributed by atoms with Gasteiger partial charge >= 0.3 is 5.97 Å². The van der Waals surface area contributed by atoms with E-state index in [0.29, 0.717) is 17.0 Å². The molecule has 21 heavy (non-hydrogen) atoms. The van der Waals surface area contributed by atoms with Gasteiger partial charge < -0.3 is 14.9 Å². The second kappa shape index (κ2) is 4.73. The first kappa shape index (κ1) is 15.3. The molecule has 1 aliphatic heterocycles. The summed E-state index contributed by atoms with van der Waals surface area (Å²) in [4.78, 5) is 25.4. The van der Waals surface area contributed by atoms with Crippen LogP contribution in [0, 0.1) is 0 Å². The Balaban J connectivity index is 2.68. The lowest BCUT2D eigenvalue weighted by Crippen LogP contribution is -2.62. The Morgan fingerprint density at radius 3 is 2.52 bits per heavy atom. The van der Waals surface area contributed by atoms with Gasteiger partial charge in [0.2, 0.25) is 0 Å². The Labute approximate surface area is 122 Å². The lowest BCUT2D eigenvalue weighted by atomic mass is 9.94. The van der Waals surface area contributed by atoms with E-state index in [0.717, 1.165) is 0 Å². The Kier molecular flexibility index (Phi) is 3.45. The van der Waals surface area contributed by atoms with Crippen molar-refractivity contribution in [3.63, 3.8) is 0 Å². The number of carbonyl (C=O) groups is 2. The van der Waals surface area contributed by atoms with Crippen LogP contribution < -0.4 is 9.64 Å². The van der Waals surface area contributed by atoms with Gasteiger partial charge in [-0.05, 0) is 45.4 Å². The van der Waals surface area contributed by atoms with Crippen LogP contribution in [-0.2, 0) is 16.2 Å². The third kappa shape index (κ3) is 2.35. The quantitative estimate of drug-likeness (QED) is 0.883. The summed E-state index contributed by atoms with van der Waals surface area (Å²) < 4.78 is 5.67. The Morgan fingerprint density at radius 1 is 1.38 bits per heavy atom. The topological polar surface area (TPSA) is 87.1 Å². The molecule has 6 nitrogen and oxygen atoms in total. The maximum Gasteiger partial charge on any atom is 0.329 e. The van der Waals surface area contributed by atoms with E-state index in [1.165, 1.54) is 18.7 Å². The van der Waals surface area contributed by atoms with Gasteiger partial charge in [-0.2, -0.15) is 0 Å². The van der Waals surface area contributed by atoms with Gasteiger partial charge in [0.25, 0.3) is 5.91 Å². The molecule has 2 rings (SSSR count). The summed E-state index contributed by atoms with van der Waals surface area (Å²) in [7, 11) is 0. The summed E-state index contributed by atoms with van der Waals surface area (Å²) in [6.45, 7) is 5.92. The number of fused-ring (bicyclic) bond motifs is 1. The molecule has 0 saturated carbocycles. The first-order valence-corrected chi connectivity index (χ1v) is 6.62. The van der Waals surface area contributed by atoms with Gasteiger partial charge in [-0.15, -0.1) is 0 Å². The molecule has 1 aromatic carbocycles. The van der Waals surface area contributed by atoms with Crippen molar-refractivity contribution in [3.05, 3.63) is 23.8 Å². The third-order valence-electron chi connectivity index (χ3n) is 3.61. The van der Waals surface area contributed by atoms with E-state index < -0.39 is 23.0 Å². The van der Waals surface area contributed by atoms with Crippen molar-refractivity contribution in [2.45, 2.75) is 45.4 Å². The average Bonchev–Trinajstić information content (AvgIpc) is 2.38. The molecule has 6 heteroatoms. The number of carboxylic acid groups (broad SMARTS) is 1. The molecule has 2 N–H and O–H groups in total. The minimum atomic E-state index is -1.43. The fourth-order valence-corrected chi connectivity index (χ4v) is 2.27. The number of hydrogen-bond donors (Lipinski definition) is 2. The molecule has 0 aliphatic carbocycles. The summed E-state index contributed by atoms with van der Waals surface area (Å²) >= 11 is 0. The first-order valence-electron chi connectivity index (χ1n) is 6.62. The molecule has 114 valence electrons. The fraction of sp³-hybridized carbons (Fsp3) is 0.467. The van der Waals surface area contributed by atoms with E-state index >= 15 is 0 Å². The number of carboxylic acids is 1. The molecule has 1 aromatic rings. The zero-order valence-electron chi connectivity index (χ0n) is 12.5. The molecular formula is C15H19NO5. The Bertz CT molecular complexity index is 606. The standard InChI is InChI=1S/C15H19NO5/c1-14(2,13(19)20)16-10-7-9(8-17)5-6-11(10)21-15(3,4)12(16)18/h5-7,17H,8H2,1-4H3,(H,19,20). The lowest BCUT2D eigenvalue weighted by Gasteiger charge is -2.44. The lowest BCUT2D eigenvalue weighted by molar-refractivity contribution is -0.146. The van der Waals surface area contributed by atoms with Crippen LogP contribution in [0.3, 0.4) is 0 Å². The van der Waals surface area contributed by atoms with E-state index in [4.69, 9.17) is 4.74 Å². The number of aliphatic hydroxyl groups excluding tert-OH is 1. The van der Waals surface area contributed by atoms with Crippen LogP contribution in [0.5, 0.6) is 5.75 Å². The van der Waals surface area contributed by atoms with E-state index in [-0.39, 0.29) is 6.61 Å². The Morgan fingerprint density at radius 2 is 2.00 bits per heavy atom. The SMILES string of the molecule is CC1(C)Oc2ccc(CO)cc2N(C(C)(C)C(=O)O)C1=O. The highest BCUT2D eigenvalue weighted by atomic mass is 16.5. The van der Waals surface area contributed by atoms with Crippen LogP contribution in [0.25, 0.3) is 0 Å². The molecule has 0 bridgehead atoms. The summed E-state index contributed by atoms with van der Waals surface area (Å²) in [5, 5.41) is 18.7. The van der Waals surface area contributed by atoms with Crippen LogP contribution in [0.2, 0.25) is 0 Å². The number of rotatable bonds is 3. The molecule has 0 unspecified atom stereocenters. The second-order valence-corrected chi connectivity index (χ2v) is 6.08. The molecule has 1 aliphatic rings. The molecule has 1 heterocycles. The summed E-state index contributed by atoms with van der Waals surface area (Å²) in [5.41, 5.74) is -1.64. The summed E-state index contributed by atoms with van der Waals surface area (Å²) in [6.07, 6.45) is 0. The summed E-state index contributed by atoms with van der Waals surface area (Å²) in [6, 6.07) is 4.89. The predicted molar refractivity (Wildman–Crippen MR) is 76.3 cm³/mol. The molecule has 0 aromatic heterocycles. The number of aliphatic hydroxyl groups is 1. The van der Waals surface area contributed by atoms with Crippen molar-refractivity contribution in [2.75, 3.05) is 4.90 Å². The van der Waals surface area contributed by atoms with Crippen LogP contribution in [-0.4, -0.2) is 33.2 Å². The zero-order valence-corrected chi connectivity index (χ0v) is 12.5. The zero-order chi connectivity index (χ0) is 16.0. The number of nitrogens with zero attached hydrogens (tertiary/aromatic N) is 1. The van der Waals surface area contributed by atoms with Gasteiger partial charge in [0.1, 0.15) is 11.3 Å². The monoisotopic (exact) mass is 293 g/mol. The smallest absolute Gasteiger partial charge is 0.329 e. The van der Waals surface area contributed by atoms with Gasteiger partial charge in [-0.25, -0.2) is 4.79 Å². The highest BCUT2D eigenvalue weighted by Crippen LogP contribution is 2.42. The highest BCUT2D eigenvalue weighted by molar-refractivity contribution is 6.07. The van der Waals surface area contributed by atoms with Crippen molar-refractivity contribution >= 4 is 17.6 Å². The van der Waals surface area contributed by atoms with E-state index in [2.05, 4.69) is 0 Å². The minimum absolute atomic E-state index is 0.202. The van der Waals surface area contributed by atoms with Gasteiger partial charge in [0.15, 0.2) is 5.60 Å². The maximum atomic E-state index is 12.6. The van der Waals surface area contributed by atoms with E-state index in [1.54, 1.807) is 32.0 Å². The molecule has 0 saturated heterocycles. The number of benzene rings is 1. The average molecular weight is 293 g/mol. The predicted octanol–water partition coefficient (Wildman–Crippen LogP) is 1.55. The number of aliphatic carboxylic acids is 1. The van der Waals surface area contributed by atoms with Crippen molar-refractivity contribution in [1.82, 2.24) is 0 Å². The number of carbonyl (C=O) groups excluding carboxylic acids is 1. The van der Waals surface area contributed by atoms with Gasteiger partial charge in [0, 0.05) is 0 Å². The molecular weight excluding hydrogens is 274 g/mol. The third-order valence-corrected chi connectivity index (χ3v) is 3.61. The summed E-state index contributed by atoms with van der Waals surface area (Å²) in [5.74, 6) is -1.13.